The number of carbonyl (C=O) groups excluding carboxylic acids is 1. The highest BCUT2D eigenvalue weighted by Crippen LogP contribution is 2.28. The molecule has 2 nitrogen and oxygen atoms in total. The minimum absolute atomic E-state index is 0.0234. The standard InChI is InChI=1S/C20H23F2NO/c1-20(2,3)16(12-14-4-8-17(21)9-5-14)13-23-19(24)15-6-10-18(22)11-7-15/h4-11,16H,12-13H2,1-3H3,(H,23,24). The van der Waals surface area contributed by atoms with Gasteiger partial charge in [0.25, 0.3) is 5.91 Å². The molecule has 1 unspecified atom stereocenters. The van der Waals surface area contributed by atoms with Crippen LogP contribution in [0.25, 0.3) is 0 Å². The van der Waals surface area contributed by atoms with Gasteiger partial charge in [-0.15, -0.1) is 0 Å². The fourth-order valence-corrected chi connectivity index (χ4v) is 2.51. The Bertz CT molecular complexity index is 672. The molecule has 0 heterocycles. The average molecular weight is 331 g/mol. The van der Waals surface area contributed by atoms with Crippen LogP contribution in [0.1, 0.15) is 36.7 Å². The van der Waals surface area contributed by atoms with E-state index in [4.69, 9.17) is 0 Å². The summed E-state index contributed by atoms with van der Waals surface area (Å²) in [6, 6.07) is 11.9. The van der Waals surface area contributed by atoms with Crippen LogP contribution < -0.4 is 5.32 Å². The van der Waals surface area contributed by atoms with Crippen molar-refractivity contribution in [3.05, 3.63) is 71.3 Å². The molecule has 2 aromatic rings. The largest absolute Gasteiger partial charge is 0.352 e. The zero-order valence-corrected chi connectivity index (χ0v) is 14.3. The van der Waals surface area contributed by atoms with Gasteiger partial charge in [-0.25, -0.2) is 8.78 Å². The highest BCUT2D eigenvalue weighted by atomic mass is 19.1. The van der Waals surface area contributed by atoms with Gasteiger partial charge in [-0.3, -0.25) is 4.79 Å². The monoisotopic (exact) mass is 331 g/mol. The van der Waals surface area contributed by atoms with E-state index in [0.717, 1.165) is 12.0 Å². The fourth-order valence-electron chi connectivity index (χ4n) is 2.51. The highest BCUT2D eigenvalue weighted by Gasteiger charge is 2.25. The van der Waals surface area contributed by atoms with Crippen molar-refractivity contribution < 1.29 is 13.6 Å². The van der Waals surface area contributed by atoms with Crippen LogP contribution in [0.4, 0.5) is 8.78 Å². The molecule has 0 aliphatic heterocycles. The molecule has 0 spiro atoms. The molecule has 0 radical (unpaired) electrons. The van der Waals surface area contributed by atoms with Crippen LogP contribution in [-0.2, 0) is 6.42 Å². The Kier molecular flexibility index (Phi) is 5.71. The second-order valence-electron chi connectivity index (χ2n) is 7.11. The number of carbonyl (C=O) groups is 1. The normalized spacial score (nSPS) is 12.7. The molecular weight excluding hydrogens is 308 g/mol. The van der Waals surface area contributed by atoms with Crippen molar-refractivity contribution in [2.75, 3.05) is 6.54 Å². The number of benzene rings is 2. The maximum absolute atomic E-state index is 13.0. The summed E-state index contributed by atoms with van der Waals surface area (Å²) in [5.41, 5.74) is 1.45. The number of hydrogen-bond acceptors (Lipinski definition) is 1. The van der Waals surface area contributed by atoms with Gasteiger partial charge >= 0.3 is 0 Å². The minimum atomic E-state index is -0.365. The summed E-state index contributed by atoms with van der Waals surface area (Å²) in [6.07, 6.45) is 0.744. The first-order valence-electron chi connectivity index (χ1n) is 8.04. The summed E-state index contributed by atoms with van der Waals surface area (Å²) >= 11 is 0. The molecule has 24 heavy (non-hydrogen) atoms. The summed E-state index contributed by atoms with van der Waals surface area (Å²) in [6.45, 7) is 6.85. The first-order chi connectivity index (χ1) is 11.3. The van der Waals surface area contributed by atoms with Gasteiger partial charge in [0, 0.05) is 12.1 Å². The molecule has 0 aliphatic carbocycles. The summed E-state index contributed by atoms with van der Waals surface area (Å²) in [5.74, 6) is -0.651. The molecule has 1 atom stereocenters. The van der Waals surface area contributed by atoms with E-state index < -0.39 is 0 Å². The molecule has 0 saturated carbocycles. The quantitative estimate of drug-likeness (QED) is 0.852. The molecule has 0 fully saturated rings. The van der Waals surface area contributed by atoms with Gasteiger partial charge in [-0.2, -0.15) is 0 Å². The summed E-state index contributed by atoms with van der Waals surface area (Å²) in [4.78, 5) is 12.2. The average Bonchev–Trinajstić information content (AvgIpc) is 2.52. The maximum atomic E-state index is 13.0. The third-order valence-corrected chi connectivity index (χ3v) is 4.24. The molecular formula is C20H23F2NO. The Morgan fingerprint density at radius 1 is 0.958 bits per heavy atom. The van der Waals surface area contributed by atoms with Crippen molar-refractivity contribution >= 4 is 5.91 Å². The van der Waals surface area contributed by atoms with Crippen molar-refractivity contribution in [3.63, 3.8) is 0 Å². The van der Waals surface area contributed by atoms with Crippen molar-refractivity contribution in [1.82, 2.24) is 5.32 Å². The van der Waals surface area contributed by atoms with Crippen LogP contribution in [0, 0.1) is 23.0 Å². The van der Waals surface area contributed by atoms with Crippen molar-refractivity contribution in [2.24, 2.45) is 11.3 Å². The lowest BCUT2D eigenvalue weighted by Crippen LogP contribution is -2.36. The van der Waals surface area contributed by atoms with E-state index >= 15 is 0 Å². The second kappa shape index (κ2) is 7.56. The van der Waals surface area contributed by atoms with Gasteiger partial charge in [0.1, 0.15) is 11.6 Å². The Labute approximate surface area is 141 Å². The smallest absolute Gasteiger partial charge is 0.251 e. The number of rotatable bonds is 5. The number of amides is 1. The molecule has 2 aromatic carbocycles. The SMILES string of the molecule is CC(C)(C)C(CNC(=O)c1ccc(F)cc1)Cc1ccc(F)cc1. The maximum Gasteiger partial charge on any atom is 0.251 e. The third-order valence-electron chi connectivity index (χ3n) is 4.24. The van der Waals surface area contributed by atoms with Gasteiger partial charge in [0.2, 0.25) is 0 Å². The first-order valence-corrected chi connectivity index (χ1v) is 8.04. The fraction of sp³-hybridized carbons (Fsp3) is 0.350. The van der Waals surface area contributed by atoms with Crippen molar-refractivity contribution in [3.8, 4) is 0 Å². The number of nitrogens with one attached hydrogen (secondary N) is 1. The van der Waals surface area contributed by atoms with Crippen molar-refractivity contribution in [1.29, 1.82) is 0 Å². The van der Waals surface area contributed by atoms with Gasteiger partial charge in [0.05, 0.1) is 0 Å². The lowest BCUT2D eigenvalue weighted by Gasteiger charge is -2.31. The Hall–Kier alpha value is -2.23. The van der Waals surface area contributed by atoms with E-state index in [1.807, 2.05) is 0 Å². The molecule has 0 aliphatic rings. The minimum Gasteiger partial charge on any atom is -0.352 e. The zero-order chi connectivity index (χ0) is 17.7. The summed E-state index contributed by atoms with van der Waals surface area (Å²) in [5, 5.41) is 2.92. The molecule has 0 bridgehead atoms. The molecule has 0 aromatic heterocycles. The van der Waals surface area contributed by atoms with Crippen LogP contribution in [0.3, 0.4) is 0 Å². The molecule has 1 N–H and O–H groups in total. The van der Waals surface area contributed by atoms with Crippen LogP contribution in [-0.4, -0.2) is 12.5 Å². The molecule has 4 heteroatoms. The Balaban J connectivity index is 2.02. The molecule has 1 amide bonds. The topological polar surface area (TPSA) is 29.1 Å². The molecule has 0 saturated heterocycles. The van der Waals surface area contributed by atoms with E-state index in [1.165, 1.54) is 36.4 Å². The van der Waals surface area contributed by atoms with Crippen LogP contribution in [0.2, 0.25) is 0 Å². The van der Waals surface area contributed by atoms with Crippen LogP contribution >= 0.6 is 0 Å². The Morgan fingerprint density at radius 3 is 1.96 bits per heavy atom. The zero-order valence-electron chi connectivity index (χ0n) is 14.3. The van der Waals surface area contributed by atoms with E-state index in [2.05, 4.69) is 26.1 Å². The number of hydrogen-bond donors (Lipinski definition) is 1. The van der Waals surface area contributed by atoms with Gasteiger partial charge in [-0.05, 0) is 59.7 Å². The lowest BCUT2D eigenvalue weighted by atomic mass is 9.77. The van der Waals surface area contributed by atoms with E-state index in [9.17, 15) is 13.6 Å². The predicted molar refractivity (Wildman–Crippen MR) is 91.8 cm³/mol. The third kappa shape index (κ3) is 5.15. The van der Waals surface area contributed by atoms with Gasteiger partial charge in [0.15, 0.2) is 0 Å². The van der Waals surface area contributed by atoms with E-state index in [1.54, 1.807) is 12.1 Å². The molecule has 128 valence electrons. The second-order valence-corrected chi connectivity index (χ2v) is 7.11. The highest BCUT2D eigenvalue weighted by molar-refractivity contribution is 5.94. The Morgan fingerprint density at radius 2 is 1.46 bits per heavy atom. The van der Waals surface area contributed by atoms with Crippen molar-refractivity contribution in [2.45, 2.75) is 27.2 Å². The van der Waals surface area contributed by atoms with Crippen LogP contribution in [0.5, 0.6) is 0 Å². The summed E-state index contributed by atoms with van der Waals surface area (Å²) < 4.78 is 26.0. The van der Waals surface area contributed by atoms with E-state index in [-0.39, 0.29) is 28.9 Å². The predicted octanol–water partition coefficient (Wildman–Crippen LogP) is 4.60. The van der Waals surface area contributed by atoms with Crippen LogP contribution in [0.15, 0.2) is 48.5 Å². The number of halogens is 2. The van der Waals surface area contributed by atoms with Gasteiger partial charge in [-0.1, -0.05) is 32.9 Å². The first kappa shape index (κ1) is 18.1. The van der Waals surface area contributed by atoms with E-state index in [0.29, 0.717) is 12.1 Å². The lowest BCUT2D eigenvalue weighted by molar-refractivity contribution is 0.0933. The summed E-state index contributed by atoms with van der Waals surface area (Å²) in [7, 11) is 0. The van der Waals surface area contributed by atoms with Gasteiger partial charge < -0.3 is 5.32 Å². The molecule has 2 rings (SSSR count).